The number of fused-ring (bicyclic) bond motifs is 1. The van der Waals surface area contributed by atoms with Crippen molar-refractivity contribution < 1.29 is 22.8 Å². The zero-order valence-electron chi connectivity index (χ0n) is 21.6. The highest BCUT2D eigenvalue weighted by Gasteiger charge is 2.38. The van der Waals surface area contributed by atoms with Gasteiger partial charge in [0.2, 0.25) is 5.91 Å². The highest BCUT2D eigenvalue weighted by Crippen LogP contribution is 2.42. The lowest BCUT2D eigenvalue weighted by molar-refractivity contribution is -0.455. The van der Waals surface area contributed by atoms with E-state index in [4.69, 9.17) is 10.5 Å². The lowest BCUT2D eigenvalue weighted by Crippen LogP contribution is -2.37. The van der Waals surface area contributed by atoms with Gasteiger partial charge in [0.25, 0.3) is 5.91 Å². The Bertz CT molecular complexity index is 1540. The van der Waals surface area contributed by atoms with E-state index in [1.54, 1.807) is 35.4 Å². The van der Waals surface area contributed by atoms with Gasteiger partial charge >= 0.3 is 5.82 Å². The molecule has 10 nitrogen and oxygen atoms in total. The normalized spacial score (nSPS) is 21.9. The third-order valence-electron chi connectivity index (χ3n) is 6.92. The Hall–Kier alpha value is -3.95. The molecule has 0 bridgehead atoms. The molecule has 1 aromatic carbocycles. The van der Waals surface area contributed by atoms with E-state index in [0.717, 1.165) is 35.3 Å². The molecule has 2 fully saturated rings. The summed E-state index contributed by atoms with van der Waals surface area (Å²) in [5.41, 5.74) is 7.62. The largest absolute Gasteiger partial charge is 0.383 e. The number of nitrogens with one attached hydrogen (secondary N) is 1. The van der Waals surface area contributed by atoms with E-state index >= 15 is 4.39 Å². The average molecular weight is 551 g/mol. The number of thiol groups is 1. The Morgan fingerprint density at radius 2 is 2.18 bits per heavy atom. The van der Waals surface area contributed by atoms with Crippen LogP contribution >= 0.6 is 0 Å². The molecule has 1 aromatic heterocycles. The van der Waals surface area contributed by atoms with Crippen molar-refractivity contribution >= 4 is 40.0 Å². The molecule has 5 rings (SSSR count). The number of ether oxygens (including phenoxy) is 1. The van der Waals surface area contributed by atoms with Gasteiger partial charge in [0.1, 0.15) is 5.82 Å². The molecular formula is C27H29FN7O3S+. The number of carbonyl (C=O) groups excluding carboxylic acids is 2. The number of likely N-dealkylation sites (tertiary alicyclic amines) is 1. The van der Waals surface area contributed by atoms with E-state index in [9.17, 15) is 9.59 Å². The predicted octanol–water partition coefficient (Wildman–Crippen LogP) is 1.10. The second-order valence-corrected chi connectivity index (χ2v) is 10.9. The molecule has 2 aromatic rings. The van der Waals surface area contributed by atoms with E-state index in [1.165, 1.54) is 12.1 Å². The molecule has 202 valence electrons. The molecule has 2 amide bonds. The number of primary amides is 1. The highest BCUT2D eigenvalue weighted by atomic mass is 32.1. The van der Waals surface area contributed by atoms with Crippen LogP contribution in [-0.2, 0) is 25.9 Å². The van der Waals surface area contributed by atoms with Gasteiger partial charge in [-0.1, -0.05) is 21.7 Å². The molecule has 1 saturated heterocycles. The first-order valence-corrected chi connectivity index (χ1v) is 13.5. The monoisotopic (exact) mass is 550 g/mol. The first kappa shape index (κ1) is 26.6. The first-order valence-electron chi connectivity index (χ1n) is 12.5. The van der Waals surface area contributed by atoms with Crippen molar-refractivity contribution in [1.82, 2.24) is 20.4 Å². The summed E-state index contributed by atoms with van der Waals surface area (Å²) in [6.45, 7) is 4.47. The quantitative estimate of drug-likeness (QED) is 0.205. The van der Waals surface area contributed by atoms with Crippen LogP contribution in [0.1, 0.15) is 36.3 Å². The number of nitrogens with two attached hydrogens (primary N) is 1. The number of amides is 2. The Balaban J connectivity index is 1.48. The van der Waals surface area contributed by atoms with Crippen molar-refractivity contribution in [3.05, 3.63) is 59.3 Å². The maximum atomic E-state index is 15.1. The number of hydrogen-bond acceptors (Lipinski definition) is 6. The van der Waals surface area contributed by atoms with Gasteiger partial charge in [0.05, 0.1) is 42.2 Å². The minimum Gasteiger partial charge on any atom is -0.383 e. The van der Waals surface area contributed by atoms with Crippen molar-refractivity contribution in [1.29, 1.82) is 0 Å². The fraction of sp³-hybridized carbons (Fsp3) is 0.370. The minimum atomic E-state index is -0.712. The van der Waals surface area contributed by atoms with Gasteiger partial charge < -0.3 is 15.4 Å². The molecule has 1 aliphatic carbocycles. The van der Waals surface area contributed by atoms with Gasteiger partial charge in [-0.3, -0.25) is 14.9 Å². The molecule has 2 atom stereocenters. The van der Waals surface area contributed by atoms with Gasteiger partial charge in [-0.25, -0.2) is 4.39 Å². The number of carbonyl (C=O) groups is 2. The van der Waals surface area contributed by atoms with E-state index in [0.29, 0.717) is 36.8 Å². The fourth-order valence-corrected chi connectivity index (χ4v) is 6.30. The summed E-state index contributed by atoms with van der Waals surface area (Å²) in [6.07, 6.45) is 5.79. The molecule has 2 aliphatic heterocycles. The second-order valence-electron chi connectivity index (χ2n) is 9.56. The van der Waals surface area contributed by atoms with Crippen LogP contribution in [0.15, 0.2) is 47.5 Å². The average Bonchev–Trinajstić information content (AvgIpc) is 3.60. The van der Waals surface area contributed by atoms with Gasteiger partial charge in [-0.2, -0.15) is 10.2 Å². The van der Waals surface area contributed by atoms with E-state index in [2.05, 4.69) is 39.0 Å². The van der Waals surface area contributed by atoms with Crippen LogP contribution in [0.2, 0.25) is 0 Å². The van der Waals surface area contributed by atoms with Gasteiger partial charge in [0.15, 0.2) is 11.3 Å². The molecule has 12 heteroatoms. The maximum Gasteiger partial charge on any atom is 0.322 e. The summed E-state index contributed by atoms with van der Waals surface area (Å²) in [4.78, 5) is 26.5. The second kappa shape index (κ2) is 11.0. The topological polar surface area (TPSA) is 126 Å². The number of methoxy groups -OCH3 is 1. The first-order chi connectivity index (χ1) is 18.8. The summed E-state index contributed by atoms with van der Waals surface area (Å²) in [6, 6.07) is 2.91. The van der Waals surface area contributed by atoms with Crippen LogP contribution in [-0.4, -0.2) is 75.3 Å². The highest BCUT2D eigenvalue weighted by molar-refractivity contribution is 7.66. The molecule has 0 radical (unpaired) electrons. The predicted molar refractivity (Wildman–Crippen MR) is 146 cm³/mol. The lowest BCUT2D eigenvalue weighted by Gasteiger charge is -2.22. The van der Waals surface area contributed by atoms with Crippen LogP contribution in [0.4, 0.5) is 4.39 Å². The van der Waals surface area contributed by atoms with Crippen LogP contribution in [0.3, 0.4) is 0 Å². The minimum absolute atomic E-state index is 0.0137. The molecule has 39 heavy (non-hydrogen) atoms. The van der Waals surface area contributed by atoms with Crippen molar-refractivity contribution in [2.75, 3.05) is 27.3 Å². The maximum absolute atomic E-state index is 15.1. The Kier molecular flexibility index (Phi) is 7.54. The molecule has 1 saturated carbocycles. The summed E-state index contributed by atoms with van der Waals surface area (Å²) in [5, 5.41) is 16.5. The van der Waals surface area contributed by atoms with Crippen LogP contribution in [0.25, 0.3) is 10.9 Å². The summed E-state index contributed by atoms with van der Waals surface area (Å²) in [5.74, 6) is 5.07. The molecule has 3 heterocycles. The third kappa shape index (κ3) is 5.32. The SMILES string of the molecule is C=CC(=O)N1CC(/[SH]=[N+]2/N=C(C#Cc3cc4nncc(C5CC5)c4cc3F)C(C(N)=O)=C2NC)C[C@@H]1COC. The zero-order chi connectivity index (χ0) is 27.7. The Morgan fingerprint density at radius 1 is 1.38 bits per heavy atom. The molecule has 0 spiro atoms. The van der Waals surface area contributed by atoms with Gasteiger partial charge in [-0.05, 0) is 66.4 Å². The van der Waals surface area contributed by atoms with Crippen LogP contribution in [0, 0.1) is 17.7 Å². The summed E-state index contributed by atoms with van der Waals surface area (Å²) in [7, 11) is 3.25. The molecule has 3 N–H and O–H groups in total. The summed E-state index contributed by atoms with van der Waals surface area (Å²) < 4.78 is 22.0. The van der Waals surface area contributed by atoms with Gasteiger partial charge in [0, 0.05) is 19.0 Å². The number of halogens is 1. The number of nitrogens with zero attached hydrogens (tertiary/aromatic N) is 5. The fourth-order valence-electron chi connectivity index (χ4n) is 4.94. The van der Waals surface area contributed by atoms with Crippen molar-refractivity contribution in [3.63, 3.8) is 0 Å². The smallest absolute Gasteiger partial charge is 0.322 e. The zero-order valence-corrected chi connectivity index (χ0v) is 22.5. The van der Waals surface area contributed by atoms with Crippen molar-refractivity contribution in [3.8, 4) is 11.8 Å². The van der Waals surface area contributed by atoms with Crippen molar-refractivity contribution in [2.45, 2.75) is 36.5 Å². The van der Waals surface area contributed by atoms with E-state index in [1.807, 2.05) is 0 Å². The number of benzene rings is 1. The van der Waals surface area contributed by atoms with Crippen LogP contribution < -0.4 is 11.1 Å². The molecular weight excluding hydrogens is 521 g/mol. The molecule has 1 unspecified atom stereocenters. The summed E-state index contributed by atoms with van der Waals surface area (Å²) >= 11 is 0.719. The third-order valence-corrected chi connectivity index (χ3v) is 8.13. The van der Waals surface area contributed by atoms with Crippen molar-refractivity contribution in [2.24, 2.45) is 10.8 Å². The van der Waals surface area contributed by atoms with Crippen LogP contribution in [0.5, 0.6) is 0 Å². The Morgan fingerprint density at radius 3 is 2.85 bits per heavy atom. The number of hydrogen-bond donors (Lipinski definition) is 3. The number of aromatic nitrogens is 2. The lowest BCUT2D eigenvalue weighted by atomic mass is 10.0. The Labute approximate surface area is 228 Å². The van der Waals surface area contributed by atoms with E-state index in [-0.39, 0.29) is 34.0 Å². The molecule has 3 aliphatic rings. The standard InChI is InChI=1S/C27H28FN7O3S/c1-4-24(36)34-13-18(10-17(34)14-38-3)39-35-27(30-2)25(26(29)37)22(33-35)8-7-16-9-23-19(11-21(16)28)20(12-31-32-23)15-5-6-15/h4,9,11-12,15,17-18,39H,1,5-6,10,13-14H2,2-3H3,(H2-,29,30,33,37)/p+1/t17-,18?/m1/s1. The van der Waals surface area contributed by atoms with E-state index < -0.39 is 11.7 Å². The number of rotatable bonds is 7. The number of hydrazone groups is 1. The van der Waals surface area contributed by atoms with Gasteiger partial charge in [-0.15, -0.1) is 0 Å².